The van der Waals surface area contributed by atoms with E-state index in [1.54, 1.807) is 7.11 Å². The summed E-state index contributed by atoms with van der Waals surface area (Å²) < 4.78 is 5.83. The molecule has 1 aromatic carbocycles. The van der Waals surface area contributed by atoms with Crippen molar-refractivity contribution in [1.82, 2.24) is 5.32 Å². The summed E-state index contributed by atoms with van der Waals surface area (Å²) in [6.45, 7) is 2.47. The second-order valence-corrected chi connectivity index (χ2v) is 5.27. The van der Waals surface area contributed by atoms with Gasteiger partial charge in [-0.05, 0) is 40.5 Å². The Morgan fingerprint density at radius 2 is 2.24 bits per heavy atom. The summed E-state index contributed by atoms with van der Waals surface area (Å²) in [4.78, 5) is 12.0. The lowest BCUT2D eigenvalue weighted by Crippen LogP contribution is -2.39. The Morgan fingerprint density at radius 1 is 1.53 bits per heavy atom. The normalized spacial score (nSPS) is 12.2. The molecule has 1 rings (SSSR count). The maximum Gasteiger partial charge on any atom is 0.252 e. The third-order valence-electron chi connectivity index (χ3n) is 2.26. The van der Waals surface area contributed by atoms with Crippen molar-refractivity contribution in [2.24, 2.45) is 0 Å². The number of nitrogens with one attached hydrogen (secondary N) is 1. The van der Waals surface area contributed by atoms with Crippen LogP contribution in [0.2, 0.25) is 0 Å². The number of benzene rings is 1. The van der Waals surface area contributed by atoms with Crippen LogP contribution in [0.5, 0.6) is 0 Å². The molecule has 0 bridgehead atoms. The molecular weight excluding hydrogens is 350 g/mol. The van der Waals surface area contributed by atoms with Crippen LogP contribution >= 0.6 is 31.9 Å². The third-order valence-corrected chi connectivity index (χ3v) is 3.70. The molecule has 0 saturated heterocycles. The molecule has 0 heterocycles. The molecule has 1 N–H and O–H groups in total. The Balaban J connectivity index is 2.75. The molecular formula is C12H15Br2NO2. The first-order chi connectivity index (χ1) is 8.08. The largest absolute Gasteiger partial charge is 0.383 e. The van der Waals surface area contributed by atoms with Crippen LogP contribution in [0.3, 0.4) is 0 Å². The zero-order valence-corrected chi connectivity index (χ0v) is 13.0. The highest BCUT2D eigenvalue weighted by molar-refractivity contribution is 9.10. The van der Waals surface area contributed by atoms with Crippen LogP contribution in [-0.4, -0.2) is 31.0 Å². The smallest absolute Gasteiger partial charge is 0.252 e. The lowest BCUT2D eigenvalue weighted by atomic mass is 10.1. The van der Waals surface area contributed by atoms with Crippen molar-refractivity contribution in [2.45, 2.75) is 13.0 Å². The van der Waals surface area contributed by atoms with Crippen LogP contribution in [0.1, 0.15) is 15.9 Å². The summed E-state index contributed by atoms with van der Waals surface area (Å²) in [5, 5.41) is 3.57. The lowest BCUT2D eigenvalue weighted by molar-refractivity contribution is 0.0907. The first-order valence-electron chi connectivity index (χ1n) is 5.20. The zero-order chi connectivity index (χ0) is 12.8. The predicted octanol–water partition coefficient (Wildman–Crippen LogP) is 2.90. The van der Waals surface area contributed by atoms with Crippen LogP contribution in [0.4, 0.5) is 0 Å². The average Bonchev–Trinajstić information content (AvgIpc) is 2.28. The summed E-state index contributed by atoms with van der Waals surface area (Å²) >= 11 is 6.74. The Hall–Kier alpha value is -0.390. The molecule has 0 spiro atoms. The van der Waals surface area contributed by atoms with Crippen molar-refractivity contribution < 1.29 is 9.53 Å². The average molecular weight is 365 g/mol. The maximum atomic E-state index is 12.0. The van der Waals surface area contributed by atoms with Gasteiger partial charge in [-0.1, -0.05) is 22.0 Å². The molecule has 0 aliphatic carbocycles. The molecule has 1 amide bonds. The molecule has 0 saturated carbocycles. The Labute approximate surface area is 118 Å². The molecule has 17 heavy (non-hydrogen) atoms. The van der Waals surface area contributed by atoms with Gasteiger partial charge in [-0.2, -0.15) is 0 Å². The molecule has 1 unspecified atom stereocenters. The van der Waals surface area contributed by atoms with E-state index in [9.17, 15) is 4.79 Å². The fourth-order valence-electron chi connectivity index (χ4n) is 1.39. The first-order valence-corrected chi connectivity index (χ1v) is 7.11. The SMILES string of the molecule is COCC(CBr)NC(=O)c1ccc(C)cc1Br. The topological polar surface area (TPSA) is 38.3 Å². The predicted molar refractivity (Wildman–Crippen MR) is 75.8 cm³/mol. The van der Waals surface area contributed by atoms with Crippen molar-refractivity contribution in [3.8, 4) is 0 Å². The van der Waals surface area contributed by atoms with Crippen LogP contribution < -0.4 is 5.32 Å². The van der Waals surface area contributed by atoms with Gasteiger partial charge in [0.1, 0.15) is 0 Å². The van der Waals surface area contributed by atoms with E-state index in [1.807, 2.05) is 25.1 Å². The van der Waals surface area contributed by atoms with Crippen LogP contribution in [-0.2, 0) is 4.74 Å². The Morgan fingerprint density at radius 3 is 2.76 bits per heavy atom. The molecule has 1 aromatic rings. The van der Waals surface area contributed by atoms with Crippen molar-refractivity contribution in [1.29, 1.82) is 0 Å². The van der Waals surface area contributed by atoms with Gasteiger partial charge in [0.05, 0.1) is 18.2 Å². The van der Waals surface area contributed by atoms with E-state index >= 15 is 0 Å². The van der Waals surface area contributed by atoms with Gasteiger partial charge in [0.15, 0.2) is 0 Å². The molecule has 0 aromatic heterocycles. The van der Waals surface area contributed by atoms with Crippen molar-refractivity contribution in [2.75, 3.05) is 19.0 Å². The minimum atomic E-state index is -0.0987. The van der Waals surface area contributed by atoms with Crippen molar-refractivity contribution >= 4 is 37.8 Å². The number of methoxy groups -OCH3 is 1. The maximum absolute atomic E-state index is 12.0. The highest BCUT2D eigenvalue weighted by Gasteiger charge is 2.14. The fourth-order valence-corrected chi connectivity index (χ4v) is 2.42. The fraction of sp³-hybridized carbons (Fsp3) is 0.417. The number of carbonyl (C=O) groups excluding carboxylic acids is 1. The number of alkyl halides is 1. The molecule has 0 aliphatic heterocycles. The minimum Gasteiger partial charge on any atom is -0.383 e. The molecule has 0 radical (unpaired) electrons. The van der Waals surface area contributed by atoms with Gasteiger partial charge in [-0.25, -0.2) is 0 Å². The standard InChI is InChI=1S/C12H15Br2NO2/c1-8-3-4-10(11(14)5-8)12(16)15-9(6-13)7-17-2/h3-5,9H,6-7H2,1-2H3,(H,15,16). The number of hydrogen-bond acceptors (Lipinski definition) is 2. The zero-order valence-electron chi connectivity index (χ0n) is 9.80. The van der Waals surface area contributed by atoms with Crippen LogP contribution in [0.25, 0.3) is 0 Å². The van der Waals surface area contributed by atoms with E-state index in [0.29, 0.717) is 17.5 Å². The number of aryl methyl sites for hydroxylation is 1. The lowest BCUT2D eigenvalue weighted by Gasteiger charge is -2.15. The van der Waals surface area contributed by atoms with E-state index in [2.05, 4.69) is 37.2 Å². The summed E-state index contributed by atoms with van der Waals surface area (Å²) in [5.74, 6) is -0.0987. The van der Waals surface area contributed by atoms with Gasteiger partial charge in [0.2, 0.25) is 0 Å². The number of halogens is 2. The van der Waals surface area contributed by atoms with E-state index in [1.165, 1.54) is 0 Å². The summed E-state index contributed by atoms with van der Waals surface area (Å²) in [7, 11) is 1.61. The number of rotatable bonds is 5. The minimum absolute atomic E-state index is 0.0271. The highest BCUT2D eigenvalue weighted by atomic mass is 79.9. The van der Waals surface area contributed by atoms with Crippen molar-refractivity contribution in [3.63, 3.8) is 0 Å². The summed E-state index contributed by atoms with van der Waals surface area (Å²) in [6, 6.07) is 5.63. The highest BCUT2D eigenvalue weighted by Crippen LogP contribution is 2.18. The molecule has 1 atom stereocenters. The molecule has 5 heteroatoms. The number of hydrogen-bond donors (Lipinski definition) is 1. The van der Waals surface area contributed by atoms with Gasteiger partial charge >= 0.3 is 0 Å². The van der Waals surface area contributed by atoms with E-state index in [0.717, 1.165) is 10.0 Å². The van der Waals surface area contributed by atoms with Gasteiger partial charge < -0.3 is 10.1 Å². The first kappa shape index (κ1) is 14.7. The monoisotopic (exact) mass is 363 g/mol. The second-order valence-electron chi connectivity index (χ2n) is 3.76. The van der Waals surface area contributed by atoms with Gasteiger partial charge in [-0.3, -0.25) is 4.79 Å². The molecule has 3 nitrogen and oxygen atoms in total. The molecule has 0 aliphatic rings. The van der Waals surface area contributed by atoms with Crippen LogP contribution in [0, 0.1) is 6.92 Å². The second kappa shape index (κ2) is 7.13. The number of ether oxygens (including phenoxy) is 1. The van der Waals surface area contributed by atoms with Gasteiger partial charge in [0, 0.05) is 16.9 Å². The molecule has 94 valence electrons. The summed E-state index contributed by atoms with van der Waals surface area (Å²) in [5.41, 5.74) is 1.75. The molecule has 0 fully saturated rings. The number of carbonyl (C=O) groups is 1. The number of amides is 1. The van der Waals surface area contributed by atoms with E-state index in [-0.39, 0.29) is 11.9 Å². The van der Waals surface area contributed by atoms with Gasteiger partial charge in [-0.15, -0.1) is 0 Å². The van der Waals surface area contributed by atoms with Gasteiger partial charge in [0.25, 0.3) is 5.91 Å². The Kier molecular flexibility index (Phi) is 6.16. The van der Waals surface area contributed by atoms with E-state index in [4.69, 9.17) is 4.74 Å². The summed E-state index contributed by atoms with van der Waals surface area (Å²) in [6.07, 6.45) is 0. The van der Waals surface area contributed by atoms with Crippen LogP contribution in [0.15, 0.2) is 22.7 Å². The third kappa shape index (κ3) is 4.41. The Bertz CT molecular complexity index is 396. The van der Waals surface area contributed by atoms with Crippen molar-refractivity contribution in [3.05, 3.63) is 33.8 Å². The van der Waals surface area contributed by atoms with E-state index < -0.39 is 0 Å². The quantitative estimate of drug-likeness (QED) is 0.816.